The molecular weight excluding hydrogens is 290 g/mol. The lowest BCUT2D eigenvalue weighted by atomic mass is 10.2. The van der Waals surface area contributed by atoms with E-state index in [-0.39, 0.29) is 12.6 Å². The summed E-state index contributed by atoms with van der Waals surface area (Å²) in [4.78, 5) is 2.45. The summed E-state index contributed by atoms with van der Waals surface area (Å²) in [5.41, 5.74) is 1.06. The van der Waals surface area contributed by atoms with E-state index in [4.69, 9.17) is 4.74 Å². The van der Waals surface area contributed by atoms with Crippen molar-refractivity contribution in [3.05, 3.63) is 29.8 Å². The van der Waals surface area contributed by atoms with Gasteiger partial charge in [-0.05, 0) is 68.6 Å². The monoisotopic (exact) mass is 317 g/mol. The minimum atomic E-state index is 0.180. The van der Waals surface area contributed by atoms with Crippen molar-refractivity contribution < 1.29 is 9.84 Å². The van der Waals surface area contributed by atoms with Gasteiger partial charge in [-0.3, -0.25) is 9.91 Å². The second-order valence-corrected chi connectivity index (χ2v) is 6.35. The highest BCUT2D eigenvalue weighted by Crippen LogP contribution is 2.17. The van der Waals surface area contributed by atoms with Gasteiger partial charge >= 0.3 is 0 Å². The minimum absolute atomic E-state index is 0.180. The molecule has 0 spiro atoms. The predicted molar refractivity (Wildman–Crippen MR) is 92.0 cm³/mol. The van der Waals surface area contributed by atoms with Gasteiger partial charge in [0.15, 0.2) is 0 Å². The van der Waals surface area contributed by atoms with Crippen LogP contribution in [0.15, 0.2) is 29.4 Å². The fraction of sp³-hybridized carbons (Fsp3) is 0.611. The van der Waals surface area contributed by atoms with Gasteiger partial charge in [0.1, 0.15) is 12.4 Å². The second-order valence-electron chi connectivity index (χ2n) is 6.35. The first-order valence-electron chi connectivity index (χ1n) is 8.72. The molecule has 2 heterocycles. The Balaban J connectivity index is 1.44. The molecule has 0 amide bonds. The van der Waals surface area contributed by atoms with Crippen LogP contribution in [0.1, 0.15) is 31.2 Å². The number of aliphatic hydroxyl groups is 1. The smallest absolute Gasteiger partial charge is 0.119 e. The molecule has 23 heavy (non-hydrogen) atoms. The van der Waals surface area contributed by atoms with Crippen molar-refractivity contribution >= 4 is 6.21 Å². The van der Waals surface area contributed by atoms with E-state index < -0.39 is 0 Å². The summed E-state index contributed by atoms with van der Waals surface area (Å²) in [7, 11) is 0. The van der Waals surface area contributed by atoms with Crippen LogP contribution < -0.4 is 4.74 Å². The van der Waals surface area contributed by atoms with Crippen LogP contribution in [0.25, 0.3) is 0 Å². The van der Waals surface area contributed by atoms with Crippen LogP contribution in [0.5, 0.6) is 5.75 Å². The second kappa shape index (κ2) is 8.31. The number of likely N-dealkylation sites (tertiary alicyclic amines) is 1. The van der Waals surface area contributed by atoms with Crippen molar-refractivity contribution in [2.24, 2.45) is 5.10 Å². The first-order valence-corrected chi connectivity index (χ1v) is 8.72. The SMILES string of the molecule is OCC1CCCN1N=Cc1ccc(OCCN2CCCC2)cc1. The first kappa shape index (κ1) is 16.3. The highest BCUT2D eigenvalue weighted by atomic mass is 16.5. The third-order valence-corrected chi connectivity index (χ3v) is 4.67. The van der Waals surface area contributed by atoms with Crippen molar-refractivity contribution in [1.82, 2.24) is 9.91 Å². The Bertz CT molecular complexity index is 497. The number of aliphatic hydroxyl groups excluding tert-OH is 1. The van der Waals surface area contributed by atoms with Crippen LogP contribution in [0.3, 0.4) is 0 Å². The first-order chi connectivity index (χ1) is 11.3. The molecule has 2 fully saturated rings. The maximum absolute atomic E-state index is 9.30. The molecule has 5 heteroatoms. The molecule has 126 valence electrons. The van der Waals surface area contributed by atoms with Gasteiger partial charge in [-0.2, -0.15) is 5.10 Å². The van der Waals surface area contributed by atoms with Crippen LogP contribution in [-0.4, -0.2) is 66.7 Å². The number of ether oxygens (including phenoxy) is 1. The maximum Gasteiger partial charge on any atom is 0.119 e. The summed E-state index contributed by atoms with van der Waals surface area (Å²) < 4.78 is 5.81. The molecule has 5 nitrogen and oxygen atoms in total. The molecule has 0 bridgehead atoms. The number of benzene rings is 1. The summed E-state index contributed by atoms with van der Waals surface area (Å²) in [5, 5.41) is 15.8. The molecule has 1 unspecified atom stereocenters. The van der Waals surface area contributed by atoms with E-state index in [2.05, 4.69) is 10.0 Å². The lowest BCUT2D eigenvalue weighted by Gasteiger charge is -2.18. The van der Waals surface area contributed by atoms with Gasteiger partial charge in [0.05, 0.1) is 18.9 Å². The normalized spacial score (nSPS) is 22.3. The van der Waals surface area contributed by atoms with E-state index in [1.54, 1.807) is 0 Å². The zero-order chi connectivity index (χ0) is 15.9. The highest BCUT2D eigenvalue weighted by molar-refractivity contribution is 5.79. The predicted octanol–water partition coefficient (Wildman–Crippen LogP) is 1.95. The Kier molecular flexibility index (Phi) is 5.88. The fourth-order valence-corrected chi connectivity index (χ4v) is 3.25. The average molecular weight is 317 g/mol. The Labute approximate surface area is 138 Å². The Morgan fingerprint density at radius 2 is 1.91 bits per heavy atom. The van der Waals surface area contributed by atoms with Gasteiger partial charge in [-0.1, -0.05) is 0 Å². The molecule has 3 rings (SSSR count). The molecule has 2 aliphatic heterocycles. The highest BCUT2D eigenvalue weighted by Gasteiger charge is 2.21. The van der Waals surface area contributed by atoms with Crippen LogP contribution in [-0.2, 0) is 0 Å². The summed E-state index contributed by atoms with van der Waals surface area (Å²) in [6.07, 6.45) is 6.64. The van der Waals surface area contributed by atoms with E-state index in [0.29, 0.717) is 0 Å². The summed E-state index contributed by atoms with van der Waals surface area (Å²) in [5.74, 6) is 0.913. The van der Waals surface area contributed by atoms with E-state index in [0.717, 1.165) is 43.9 Å². The van der Waals surface area contributed by atoms with Crippen molar-refractivity contribution in [2.45, 2.75) is 31.7 Å². The average Bonchev–Trinajstić information content (AvgIpc) is 3.25. The van der Waals surface area contributed by atoms with Crippen molar-refractivity contribution in [3.63, 3.8) is 0 Å². The number of nitrogens with zero attached hydrogens (tertiary/aromatic N) is 3. The molecule has 2 saturated heterocycles. The number of hydrogen-bond donors (Lipinski definition) is 1. The van der Waals surface area contributed by atoms with Crippen LogP contribution in [0, 0.1) is 0 Å². The van der Waals surface area contributed by atoms with Crippen LogP contribution in [0.2, 0.25) is 0 Å². The number of rotatable bonds is 7. The van der Waals surface area contributed by atoms with Gasteiger partial charge < -0.3 is 9.84 Å². The van der Waals surface area contributed by atoms with Crippen molar-refractivity contribution in [2.75, 3.05) is 39.4 Å². The quantitative estimate of drug-likeness (QED) is 0.781. The molecular formula is C18H27N3O2. The van der Waals surface area contributed by atoms with E-state index >= 15 is 0 Å². The Morgan fingerprint density at radius 1 is 1.13 bits per heavy atom. The zero-order valence-corrected chi connectivity index (χ0v) is 13.7. The molecule has 0 saturated carbocycles. The van der Waals surface area contributed by atoms with Crippen molar-refractivity contribution in [1.29, 1.82) is 0 Å². The standard InChI is InChI=1S/C18H27N3O2/c22-15-17-4-3-11-21(17)19-14-16-5-7-18(8-6-16)23-13-12-20-9-1-2-10-20/h5-8,14,17,22H,1-4,9-13,15H2. The summed E-state index contributed by atoms with van der Waals surface area (Å²) >= 11 is 0. The largest absolute Gasteiger partial charge is 0.492 e. The molecule has 2 aliphatic rings. The molecule has 1 aromatic rings. The molecule has 1 atom stereocenters. The zero-order valence-electron chi connectivity index (χ0n) is 13.7. The minimum Gasteiger partial charge on any atom is -0.492 e. The Morgan fingerprint density at radius 3 is 2.65 bits per heavy atom. The molecule has 0 radical (unpaired) electrons. The Hall–Kier alpha value is -1.59. The topological polar surface area (TPSA) is 48.3 Å². The van der Waals surface area contributed by atoms with Gasteiger partial charge in [0, 0.05) is 13.1 Å². The molecule has 1 N–H and O–H groups in total. The summed E-state index contributed by atoms with van der Waals surface area (Å²) in [6.45, 7) is 5.30. The number of hydrazone groups is 1. The van der Waals surface area contributed by atoms with Gasteiger partial charge in [-0.25, -0.2) is 0 Å². The van der Waals surface area contributed by atoms with Gasteiger partial charge in [-0.15, -0.1) is 0 Å². The molecule has 0 aromatic heterocycles. The summed E-state index contributed by atoms with van der Waals surface area (Å²) in [6, 6.07) is 8.23. The lowest BCUT2D eigenvalue weighted by molar-refractivity contribution is 0.164. The van der Waals surface area contributed by atoms with Gasteiger partial charge in [0.25, 0.3) is 0 Å². The third-order valence-electron chi connectivity index (χ3n) is 4.67. The van der Waals surface area contributed by atoms with Crippen molar-refractivity contribution in [3.8, 4) is 5.75 Å². The molecule has 1 aromatic carbocycles. The molecule has 0 aliphatic carbocycles. The third kappa shape index (κ3) is 4.69. The van der Waals surface area contributed by atoms with E-state index in [1.165, 1.54) is 25.9 Å². The number of hydrogen-bond acceptors (Lipinski definition) is 5. The van der Waals surface area contributed by atoms with Crippen LogP contribution in [0.4, 0.5) is 0 Å². The lowest BCUT2D eigenvalue weighted by Crippen LogP contribution is -2.27. The van der Waals surface area contributed by atoms with Crippen LogP contribution >= 0.6 is 0 Å². The fourth-order valence-electron chi connectivity index (χ4n) is 3.25. The van der Waals surface area contributed by atoms with Gasteiger partial charge in [0.2, 0.25) is 0 Å². The van der Waals surface area contributed by atoms with E-state index in [1.807, 2.05) is 35.5 Å². The maximum atomic E-state index is 9.30. The van der Waals surface area contributed by atoms with E-state index in [9.17, 15) is 5.11 Å².